The molecule has 16 nitrogen and oxygen atoms in total. The molecule has 18 heteroatoms. The molecule has 0 radical (unpaired) electrons. The molecule has 2 aliphatic rings. The summed E-state index contributed by atoms with van der Waals surface area (Å²) in [6.07, 6.45) is -12.1. The molecule has 2 saturated heterocycles. The Morgan fingerprint density at radius 1 is 0.812 bits per heavy atom. The van der Waals surface area contributed by atoms with Crippen LogP contribution in [0.4, 0.5) is 0 Å². The zero-order valence-electron chi connectivity index (χ0n) is 16.7. The predicted molar refractivity (Wildman–Crippen MR) is 94.1 cm³/mol. The highest BCUT2D eigenvalue weighted by molar-refractivity contribution is 7.89. The third-order valence-electron chi connectivity index (χ3n) is 4.85. The molecule has 10 atom stereocenters. The van der Waals surface area contributed by atoms with Crippen molar-refractivity contribution in [2.24, 2.45) is 0 Å². The summed E-state index contributed by atoms with van der Waals surface area (Å²) in [6, 6.07) is 0. The van der Waals surface area contributed by atoms with Crippen LogP contribution in [0, 0.1) is 0 Å². The van der Waals surface area contributed by atoms with Crippen LogP contribution in [0.15, 0.2) is 0 Å². The van der Waals surface area contributed by atoms with Crippen LogP contribution in [0.25, 0.3) is 0 Å². The summed E-state index contributed by atoms with van der Waals surface area (Å²) < 4.78 is 40.6. The minimum atomic E-state index is -1.46. The molecular formula is C14H24O16S2-2. The Balaban J connectivity index is 2.21. The van der Waals surface area contributed by atoms with Crippen molar-refractivity contribution in [2.75, 3.05) is 20.3 Å². The van der Waals surface area contributed by atoms with Crippen LogP contribution >= 0.6 is 24.6 Å². The molecule has 0 aromatic heterocycles. The van der Waals surface area contributed by atoms with Gasteiger partial charge in [-0.05, 0) is 6.92 Å². The summed E-state index contributed by atoms with van der Waals surface area (Å²) in [5.74, 6) is 0. The first-order valence-electron chi connectivity index (χ1n) is 9.07. The Morgan fingerprint density at radius 3 is 1.94 bits per heavy atom. The predicted octanol–water partition coefficient (Wildman–Crippen LogP) is -4.05. The van der Waals surface area contributed by atoms with Gasteiger partial charge in [0, 0.05) is 7.11 Å². The molecule has 0 aromatic carbocycles. The van der Waals surface area contributed by atoms with E-state index in [9.17, 15) is 30.9 Å². The Labute approximate surface area is 190 Å². The van der Waals surface area contributed by atoms with Gasteiger partial charge in [-0.3, -0.25) is 18.4 Å². The van der Waals surface area contributed by atoms with E-state index in [1.165, 1.54) is 14.0 Å². The van der Waals surface area contributed by atoms with E-state index >= 15 is 0 Å². The zero-order valence-corrected chi connectivity index (χ0v) is 18.3. The van der Waals surface area contributed by atoms with Crippen molar-refractivity contribution in [3.63, 3.8) is 0 Å². The molecule has 0 aromatic rings. The first kappa shape index (κ1) is 28.3. The van der Waals surface area contributed by atoms with Crippen molar-refractivity contribution in [3.8, 4) is 0 Å². The number of hydrogen-bond acceptors (Lipinski definition) is 18. The second kappa shape index (κ2) is 14.5. The average molecular weight is 512 g/mol. The molecule has 4 unspecified atom stereocenters. The monoisotopic (exact) mass is 512 g/mol. The number of aliphatic hydroxyl groups is 4. The molecule has 32 heavy (non-hydrogen) atoms. The highest BCUT2D eigenvalue weighted by Gasteiger charge is 2.52. The van der Waals surface area contributed by atoms with Crippen LogP contribution in [-0.4, -0.2) is 102 Å². The highest BCUT2D eigenvalue weighted by atomic mass is 32.2. The SMILES string of the molecule is COC1[C@@H](O)C(CO)O[C@@H](O[C@H]2C(CO)O[C@@H](C)[C@H](OSOO[O-])C2O)[C@@H]1OSOO[O-]. The van der Waals surface area contributed by atoms with Gasteiger partial charge in [-0.1, -0.05) is 0 Å². The number of aliphatic hydroxyl groups excluding tert-OH is 4. The van der Waals surface area contributed by atoms with E-state index in [2.05, 4.69) is 18.7 Å². The van der Waals surface area contributed by atoms with E-state index in [1.54, 1.807) is 0 Å². The molecule has 190 valence electrons. The largest absolute Gasteiger partial charge is 0.691 e. The molecule has 0 spiro atoms. The van der Waals surface area contributed by atoms with Gasteiger partial charge in [0.1, 0.15) is 42.7 Å². The summed E-state index contributed by atoms with van der Waals surface area (Å²) in [6.45, 7) is 0.330. The molecule has 2 aliphatic heterocycles. The Hall–Kier alpha value is 0.0600. The smallest absolute Gasteiger partial charge is 0.194 e. The van der Waals surface area contributed by atoms with E-state index in [-0.39, 0.29) is 24.6 Å². The maximum Gasteiger partial charge on any atom is 0.194 e. The summed E-state index contributed by atoms with van der Waals surface area (Å²) in [4.78, 5) is 0. The minimum absolute atomic E-state index is 0.0979. The van der Waals surface area contributed by atoms with E-state index in [4.69, 9.17) is 27.3 Å². The molecule has 0 amide bonds. The maximum absolute atomic E-state index is 10.8. The van der Waals surface area contributed by atoms with Crippen molar-refractivity contribution >= 4 is 24.6 Å². The lowest BCUT2D eigenvalue weighted by molar-refractivity contribution is -0.778. The second-order valence-electron chi connectivity index (χ2n) is 6.60. The van der Waals surface area contributed by atoms with Gasteiger partial charge < -0.3 is 49.9 Å². The van der Waals surface area contributed by atoms with E-state index in [0.717, 1.165) is 0 Å². The molecule has 2 fully saturated rings. The quantitative estimate of drug-likeness (QED) is 0.0798. The minimum Gasteiger partial charge on any atom is -0.691 e. The fourth-order valence-corrected chi connectivity index (χ4v) is 4.15. The van der Waals surface area contributed by atoms with Crippen LogP contribution in [0.1, 0.15) is 6.92 Å². The Bertz CT molecular complexity index is 521. The first-order valence-corrected chi connectivity index (χ1v) is 10.4. The van der Waals surface area contributed by atoms with Gasteiger partial charge >= 0.3 is 0 Å². The lowest BCUT2D eigenvalue weighted by Gasteiger charge is -2.47. The first-order chi connectivity index (χ1) is 15.4. The van der Waals surface area contributed by atoms with Gasteiger partial charge in [0.15, 0.2) is 37.0 Å². The second-order valence-corrected chi connectivity index (χ2v) is 7.53. The van der Waals surface area contributed by atoms with E-state index < -0.39 is 74.4 Å². The fourth-order valence-electron chi connectivity index (χ4n) is 3.39. The molecule has 0 bridgehead atoms. The van der Waals surface area contributed by atoms with Crippen molar-refractivity contribution < 1.29 is 77.0 Å². The molecule has 0 saturated carbocycles. The van der Waals surface area contributed by atoms with Crippen LogP contribution in [0.5, 0.6) is 0 Å². The highest BCUT2D eigenvalue weighted by Crippen LogP contribution is 2.34. The maximum atomic E-state index is 10.8. The Morgan fingerprint density at radius 2 is 1.41 bits per heavy atom. The van der Waals surface area contributed by atoms with Crippen molar-refractivity contribution in [3.05, 3.63) is 0 Å². The van der Waals surface area contributed by atoms with E-state index in [1.807, 2.05) is 0 Å². The van der Waals surface area contributed by atoms with Crippen molar-refractivity contribution in [2.45, 2.75) is 68.1 Å². The third-order valence-corrected chi connectivity index (χ3v) is 5.67. The molecule has 4 N–H and O–H groups in total. The standard InChI is InChI=1S/C14H26O16S2/c1-5-10(25-31-29-27-19)9(18)11(7(4-16)22-5)24-14-13(26-32-30-28-20)12(21-2)8(17)6(3-15)23-14/h5-20H,3-4H2,1-2H3/p-2/t5-,6?,7?,8-,9?,10-,11-,12?,13+,14-/m0/s1. The van der Waals surface area contributed by atoms with Gasteiger partial charge in [0.25, 0.3) is 0 Å². The number of methoxy groups -OCH3 is 1. The van der Waals surface area contributed by atoms with Crippen LogP contribution in [-0.2, 0) is 46.1 Å². The number of hydrogen-bond donors (Lipinski definition) is 4. The van der Waals surface area contributed by atoms with Crippen LogP contribution < -0.4 is 10.5 Å². The summed E-state index contributed by atoms with van der Waals surface area (Å²) in [5, 5.41) is 66.7. The van der Waals surface area contributed by atoms with Crippen LogP contribution in [0.3, 0.4) is 0 Å². The third kappa shape index (κ3) is 7.04. The van der Waals surface area contributed by atoms with Gasteiger partial charge in [0.2, 0.25) is 0 Å². The number of rotatable bonds is 13. The Kier molecular flexibility index (Phi) is 12.8. The summed E-state index contributed by atoms with van der Waals surface area (Å²) in [5.41, 5.74) is 0. The van der Waals surface area contributed by atoms with Gasteiger partial charge in [-0.15, -0.1) is 8.67 Å². The van der Waals surface area contributed by atoms with Crippen molar-refractivity contribution in [1.82, 2.24) is 0 Å². The van der Waals surface area contributed by atoms with Gasteiger partial charge in [-0.2, -0.15) is 0 Å². The van der Waals surface area contributed by atoms with Gasteiger partial charge in [-0.25, -0.2) is 0 Å². The van der Waals surface area contributed by atoms with Crippen molar-refractivity contribution in [1.29, 1.82) is 0 Å². The van der Waals surface area contributed by atoms with E-state index in [0.29, 0.717) is 0 Å². The number of ether oxygens (including phenoxy) is 4. The lowest BCUT2D eigenvalue weighted by Crippen LogP contribution is -2.64. The topological polar surface area (TPSA) is 219 Å². The molecule has 0 aliphatic carbocycles. The molecule has 2 rings (SSSR count). The molecular weight excluding hydrogens is 488 g/mol. The lowest BCUT2D eigenvalue weighted by atomic mass is 9.95. The summed E-state index contributed by atoms with van der Waals surface area (Å²) in [7, 11) is 1.24. The molecule has 2 heterocycles. The average Bonchev–Trinajstić information content (AvgIpc) is 2.79. The van der Waals surface area contributed by atoms with Crippen LogP contribution in [0.2, 0.25) is 0 Å². The normalized spacial score (nSPS) is 40.5. The zero-order chi connectivity index (χ0) is 23.7. The fraction of sp³-hybridized carbons (Fsp3) is 1.00. The summed E-state index contributed by atoms with van der Waals surface area (Å²) >= 11 is 0.246. The van der Waals surface area contributed by atoms with Gasteiger partial charge in [0.05, 0.1) is 19.3 Å².